The third-order valence-electron chi connectivity index (χ3n) is 2.43. The summed E-state index contributed by atoms with van der Waals surface area (Å²) in [4.78, 5) is 2.59. The molecule has 2 nitrogen and oxygen atoms in total. The van der Waals surface area contributed by atoms with Crippen molar-refractivity contribution in [3.05, 3.63) is 0 Å². The fraction of sp³-hybridized carbons (Fsp3) is 1.00. The first-order valence-corrected chi connectivity index (χ1v) is 6.17. The van der Waals surface area contributed by atoms with Crippen LogP contribution in [0, 0.1) is 0 Å². The van der Waals surface area contributed by atoms with Crippen molar-refractivity contribution in [2.45, 2.75) is 19.4 Å². The molecule has 1 aliphatic heterocycles. The highest BCUT2D eigenvalue weighted by atomic mass is 32.2. The van der Waals surface area contributed by atoms with Crippen molar-refractivity contribution in [3.63, 3.8) is 0 Å². The summed E-state index contributed by atoms with van der Waals surface area (Å²) in [6, 6.07) is 0.737. The van der Waals surface area contributed by atoms with Gasteiger partial charge in [-0.2, -0.15) is 11.8 Å². The van der Waals surface area contributed by atoms with Crippen molar-refractivity contribution in [1.82, 2.24) is 10.2 Å². The number of rotatable bonds is 4. The largest absolute Gasteiger partial charge is 0.314 e. The zero-order valence-electron chi connectivity index (χ0n) is 8.18. The molecule has 0 bridgehead atoms. The van der Waals surface area contributed by atoms with Crippen molar-refractivity contribution in [1.29, 1.82) is 0 Å². The van der Waals surface area contributed by atoms with Crippen LogP contribution >= 0.6 is 11.8 Å². The molecular formula is C9H20N2S. The lowest BCUT2D eigenvalue weighted by molar-refractivity contribution is 0.175. The predicted octanol–water partition coefficient (Wildman–Crippen LogP) is 1.03. The highest BCUT2D eigenvalue weighted by Gasteiger charge is 2.16. The molecule has 1 heterocycles. The quantitative estimate of drug-likeness (QED) is 0.664. The number of thioether (sulfide) groups is 1. The Hall–Kier alpha value is 0.270. The van der Waals surface area contributed by atoms with Gasteiger partial charge in [0.15, 0.2) is 0 Å². The number of nitrogens with zero attached hydrogens (tertiary/aromatic N) is 1. The molecule has 1 fully saturated rings. The van der Waals surface area contributed by atoms with Gasteiger partial charge in [-0.25, -0.2) is 0 Å². The van der Waals surface area contributed by atoms with Crippen LogP contribution in [-0.4, -0.2) is 49.1 Å². The van der Waals surface area contributed by atoms with E-state index in [9.17, 15) is 0 Å². The van der Waals surface area contributed by atoms with E-state index in [1.165, 1.54) is 38.4 Å². The molecular weight excluding hydrogens is 168 g/mol. The molecule has 1 rings (SSSR count). The number of hydrogen-bond acceptors (Lipinski definition) is 3. The van der Waals surface area contributed by atoms with Crippen LogP contribution in [0.15, 0.2) is 0 Å². The first-order valence-electron chi connectivity index (χ1n) is 4.78. The van der Waals surface area contributed by atoms with E-state index in [1.54, 1.807) is 0 Å². The topological polar surface area (TPSA) is 15.3 Å². The number of hydrogen-bond donors (Lipinski definition) is 1. The molecule has 72 valence electrons. The third-order valence-corrected chi connectivity index (χ3v) is 3.13. The second kappa shape index (κ2) is 5.84. The maximum atomic E-state index is 3.41. The van der Waals surface area contributed by atoms with Crippen LogP contribution < -0.4 is 5.32 Å². The average Bonchev–Trinajstić information content (AvgIpc) is 2.09. The maximum absolute atomic E-state index is 3.41. The molecule has 1 saturated heterocycles. The van der Waals surface area contributed by atoms with Crippen LogP contribution in [0.5, 0.6) is 0 Å². The molecule has 3 heteroatoms. The monoisotopic (exact) mass is 188 g/mol. The number of nitrogens with one attached hydrogen (secondary N) is 1. The van der Waals surface area contributed by atoms with Gasteiger partial charge in [0.05, 0.1) is 0 Å². The van der Waals surface area contributed by atoms with E-state index < -0.39 is 0 Å². The average molecular weight is 188 g/mol. The van der Waals surface area contributed by atoms with Gasteiger partial charge in [-0.15, -0.1) is 0 Å². The summed E-state index contributed by atoms with van der Waals surface area (Å²) in [7, 11) is 0. The summed E-state index contributed by atoms with van der Waals surface area (Å²) in [6.45, 7) is 7.16. The summed E-state index contributed by atoms with van der Waals surface area (Å²) in [5.41, 5.74) is 0. The predicted molar refractivity (Wildman–Crippen MR) is 56.9 cm³/mol. The summed E-state index contributed by atoms with van der Waals surface area (Å²) in [5, 5.41) is 3.41. The Bertz CT molecular complexity index is 119. The normalized spacial score (nSPS) is 26.0. The van der Waals surface area contributed by atoms with Crippen molar-refractivity contribution < 1.29 is 0 Å². The fourth-order valence-electron chi connectivity index (χ4n) is 1.63. The lowest BCUT2D eigenvalue weighted by Gasteiger charge is -2.33. The molecule has 0 radical (unpaired) electrons. The van der Waals surface area contributed by atoms with Crippen LogP contribution in [0.2, 0.25) is 0 Å². The minimum absolute atomic E-state index is 0.737. The van der Waals surface area contributed by atoms with E-state index in [0.717, 1.165) is 6.04 Å². The number of piperazine rings is 1. The fourth-order valence-corrected chi connectivity index (χ4v) is 2.05. The van der Waals surface area contributed by atoms with E-state index in [0.29, 0.717) is 0 Å². The van der Waals surface area contributed by atoms with E-state index in [2.05, 4.69) is 23.4 Å². The minimum Gasteiger partial charge on any atom is -0.314 e. The zero-order valence-corrected chi connectivity index (χ0v) is 8.99. The van der Waals surface area contributed by atoms with Crippen molar-refractivity contribution in [2.75, 3.05) is 38.2 Å². The second-order valence-electron chi connectivity index (χ2n) is 3.44. The van der Waals surface area contributed by atoms with Gasteiger partial charge in [-0.3, -0.25) is 4.90 Å². The van der Waals surface area contributed by atoms with E-state index in [4.69, 9.17) is 0 Å². The molecule has 0 aromatic heterocycles. The molecule has 12 heavy (non-hydrogen) atoms. The Labute approximate surface area is 80.1 Å². The molecule has 0 aromatic carbocycles. The van der Waals surface area contributed by atoms with Gasteiger partial charge in [-0.1, -0.05) is 0 Å². The molecule has 1 atom stereocenters. The molecule has 0 aliphatic carbocycles. The Balaban J connectivity index is 2.11. The van der Waals surface area contributed by atoms with Crippen LogP contribution in [0.1, 0.15) is 13.3 Å². The van der Waals surface area contributed by atoms with E-state index in [1.807, 2.05) is 11.8 Å². The minimum atomic E-state index is 0.737. The summed E-state index contributed by atoms with van der Waals surface area (Å²) in [5.74, 6) is 1.30. The molecule has 0 spiro atoms. The smallest absolute Gasteiger partial charge is 0.0192 e. The van der Waals surface area contributed by atoms with E-state index in [-0.39, 0.29) is 0 Å². The molecule has 0 aromatic rings. The highest BCUT2D eigenvalue weighted by Crippen LogP contribution is 2.04. The first-order chi connectivity index (χ1) is 5.84. The zero-order chi connectivity index (χ0) is 8.81. The van der Waals surface area contributed by atoms with Crippen LogP contribution in [0.4, 0.5) is 0 Å². The Morgan fingerprint density at radius 1 is 1.58 bits per heavy atom. The molecule has 0 unspecified atom stereocenters. The second-order valence-corrected chi connectivity index (χ2v) is 4.42. The van der Waals surface area contributed by atoms with Gasteiger partial charge in [0.25, 0.3) is 0 Å². The third kappa shape index (κ3) is 3.33. The highest BCUT2D eigenvalue weighted by molar-refractivity contribution is 7.98. The lowest BCUT2D eigenvalue weighted by atomic mass is 10.2. The Morgan fingerprint density at radius 2 is 2.42 bits per heavy atom. The SMILES string of the molecule is CSCCCN1CCNC[C@@H]1C. The molecule has 0 amide bonds. The molecule has 0 saturated carbocycles. The van der Waals surface area contributed by atoms with Crippen LogP contribution in [0.25, 0.3) is 0 Å². The molecule has 1 aliphatic rings. The summed E-state index contributed by atoms with van der Waals surface area (Å²) < 4.78 is 0. The Kier molecular flexibility index (Phi) is 5.04. The Morgan fingerprint density at radius 3 is 3.08 bits per heavy atom. The maximum Gasteiger partial charge on any atom is 0.0192 e. The van der Waals surface area contributed by atoms with Crippen molar-refractivity contribution >= 4 is 11.8 Å². The van der Waals surface area contributed by atoms with Gasteiger partial charge in [-0.05, 0) is 31.9 Å². The first kappa shape index (κ1) is 10.4. The van der Waals surface area contributed by atoms with Gasteiger partial charge in [0.1, 0.15) is 0 Å². The van der Waals surface area contributed by atoms with Crippen molar-refractivity contribution in [2.24, 2.45) is 0 Å². The summed E-state index contributed by atoms with van der Waals surface area (Å²) in [6.07, 6.45) is 3.52. The van der Waals surface area contributed by atoms with Crippen LogP contribution in [0.3, 0.4) is 0 Å². The van der Waals surface area contributed by atoms with Gasteiger partial charge < -0.3 is 5.32 Å². The summed E-state index contributed by atoms with van der Waals surface area (Å²) >= 11 is 1.95. The lowest BCUT2D eigenvalue weighted by Crippen LogP contribution is -2.49. The van der Waals surface area contributed by atoms with Crippen LogP contribution in [-0.2, 0) is 0 Å². The van der Waals surface area contributed by atoms with Gasteiger partial charge >= 0.3 is 0 Å². The van der Waals surface area contributed by atoms with Gasteiger partial charge in [0, 0.05) is 25.7 Å². The van der Waals surface area contributed by atoms with E-state index >= 15 is 0 Å². The standard InChI is InChI=1S/C9H20N2S/c1-9-8-10-4-6-11(9)5-3-7-12-2/h9-10H,3-8H2,1-2H3/t9-/m0/s1. The molecule has 1 N–H and O–H groups in total. The van der Waals surface area contributed by atoms with Gasteiger partial charge in [0.2, 0.25) is 0 Å². The van der Waals surface area contributed by atoms with Crippen molar-refractivity contribution in [3.8, 4) is 0 Å².